The van der Waals surface area contributed by atoms with Crippen LogP contribution in [0.25, 0.3) is 5.69 Å². The molecule has 5 rings (SSSR count). The molecule has 1 aromatic heterocycles. The number of ether oxygens (including phenoxy) is 1. The minimum Gasteiger partial charge on any atom is -0.489 e. The van der Waals surface area contributed by atoms with Crippen LogP contribution in [-0.4, -0.2) is 19.8 Å². The summed E-state index contributed by atoms with van der Waals surface area (Å²) < 4.78 is 8.96. The number of nitrogens with zero attached hydrogens (tertiary/aromatic N) is 4. The maximum Gasteiger partial charge on any atom is 0.368 e. The maximum atomic E-state index is 12.4. The van der Waals surface area contributed by atoms with Gasteiger partial charge in [-0.25, -0.2) is 4.79 Å². The average Bonchev–Trinajstić information content (AvgIpc) is 3.61. The third-order valence-electron chi connectivity index (χ3n) is 5.71. The van der Waals surface area contributed by atoms with Gasteiger partial charge < -0.3 is 4.74 Å². The van der Waals surface area contributed by atoms with E-state index in [2.05, 4.69) is 41.6 Å². The highest BCUT2D eigenvalue weighted by molar-refractivity contribution is 5.48. The first-order chi connectivity index (χ1) is 13.6. The highest BCUT2D eigenvalue weighted by Crippen LogP contribution is 2.46. The molecule has 0 amide bonds. The van der Waals surface area contributed by atoms with Crippen molar-refractivity contribution in [1.82, 2.24) is 19.8 Å². The SMILES string of the molecule is Cc1ccc(OCc2c(C3CC3)cccc2-n2nnn(C)c2=O)c(C2CC2)c1. The zero-order valence-electron chi connectivity index (χ0n) is 16.3. The van der Waals surface area contributed by atoms with Crippen molar-refractivity contribution in [1.29, 1.82) is 0 Å². The summed E-state index contributed by atoms with van der Waals surface area (Å²) in [6, 6.07) is 12.5. The van der Waals surface area contributed by atoms with Crippen LogP contribution in [0.2, 0.25) is 0 Å². The van der Waals surface area contributed by atoms with Gasteiger partial charge in [0.25, 0.3) is 0 Å². The van der Waals surface area contributed by atoms with E-state index in [-0.39, 0.29) is 5.69 Å². The maximum absolute atomic E-state index is 12.4. The van der Waals surface area contributed by atoms with Crippen molar-refractivity contribution in [3.8, 4) is 11.4 Å². The second-order valence-corrected chi connectivity index (χ2v) is 8.02. The van der Waals surface area contributed by atoms with Gasteiger partial charge in [-0.1, -0.05) is 29.8 Å². The monoisotopic (exact) mass is 376 g/mol. The Morgan fingerprint density at radius 1 is 1.04 bits per heavy atom. The van der Waals surface area contributed by atoms with Crippen LogP contribution in [0.15, 0.2) is 41.2 Å². The Kier molecular flexibility index (Phi) is 4.07. The third kappa shape index (κ3) is 3.13. The molecule has 0 saturated heterocycles. The highest BCUT2D eigenvalue weighted by Gasteiger charge is 2.29. The summed E-state index contributed by atoms with van der Waals surface area (Å²) in [6.45, 7) is 2.55. The van der Waals surface area contributed by atoms with Crippen LogP contribution in [0.5, 0.6) is 5.75 Å². The second kappa shape index (κ2) is 6.62. The Balaban J connectivity index is 1.53. The largest absolute Gasteiger partial charge is 0.489 e. The normalized spacial score (nSPS) is 16.4. The number of benzene rings is 2. The van der Waals surface area contributed by atoms with Crippen LogP contribution in [0, 0.1) is 6.92 Å². The number of tetrazole rings is 1. The van der Waals surface area contributed by atoms with E-state index in [9.17, 15) is 4.79 Å². The summed E-state index contributed by atoms with van der Waals surface area (Å²) in [6.07, 6.45) is 4.84. The summed E-state index contributed by atoms with van der Waals surface area (Å²) >= 11 is 0. The summed E-state index contributed by atoms with van der Waals surface area (Å²) in [5.41, 5.74) is 5.39. The third-order valence-corrected chi connectivity index (χ3v) is 5.71. The fraction of sp³-hybridized carbons (Fsp3) is 0.409. The van der Waals surface area contributed by atoms with E-state index in [1.165, 1.54) is 51.7 Å². The van der Waals surface area contributed by atoms with Crippen molar-refractivity contribution in [3.63, 3.8) is 0 Å². The van der Waals surface area contributed by atoms with E-state index in [4.69, 9.17) is 4.74 Å². The number of rotatable bonds is 6. The fourth-order valence-corrected chi connectivity index (χ4v) is 3.85. The van der Waals surface area contributed by atoms with Gasteiger partial charge in [0.1, 0.15) is 12.4 Å². The van der Waals surface area contributed by atoms with Crippen molar-refractivity contribution in [2.75, 3.05) is 0 Å². The molecule has 0 atom stereocenters. The number of aromatic nitrogens is 4. The molecular formula is C22H24N4O2. The molecule has 0 unspecified atom stereocenters. The van der Waals surface area contributed by atoms with E-state index < -0.39 is 0 Å². The molecule has 1 heterocycles. The predicted molar refractivity (Wildman–Crippen MR) is 106 cm³/mol. The van der Waals surface area contributed by atoms with Crippen LogP contribution in [-0.2, 0) is 13.7 Å². The van der Waals surface area contributed by atoms with Crippen molar-refractivity contribution >= 4 is 0 Å². The molecule has 2 aliphatic rings. The first kappa shape index (κ1) is 17.2. The van der Waals surface area contributed by atoms with Gasteiger partial charge in [0, 0.05) is 12.6 Å². The summed E-state index contributed by atoms with van der Waals surface area (Å²) in [5.74, 6) is 2.12. The molecule has 0 spiro atoms. The molecule has 3 aromatic rings. The Bertz CT molecular complexity index is 1090. The average molecular weight is 376 g/mol. The Morgan fingerprint density at radius 3 is 2.46 bits per heavy atom. The second-order valence-electron chi connectivity index (χ2n) is 8.02. The lowest BCUT2D eigenvalue weighted by Gasteiger charge is -2.17. The van der Waals surface area contributed by atoms with Gasteiger partial charge in [-0.15, -0.1) is 0 Å². The lowest BCUT2D eigenvalue weighted by molar-refractivity contribution is 0.301. The fourth-order valence-electron chi connectivity index (χ4n) is 3.85. The molecule has 0 N–H and O–H groups in total. The first-order valence-corrected chi connectivity index (χ1v) is 9.96. The van der Waals surface area contributed by atoms with Gasteiger partial charge in [-0.05, 0) is 78.1 Å². The predicted octanol–water partition coefficient (Wildman–Crippen LogP) is 3.61. The van der Waals surface area contributed by atoms with E-state index in [0.29, 0.717) is 18.4 Å². The van der Waals surface area contributed by atoms with Gasteiger partial charge >= 0.3 is 5.69 Å². The zero-order valence-corrected chi connectivity index (χ0v) is 16.3. The molecule has 0 bridgehead atoms. The van der Waals surface area contributed by atoms with Crippen molar-refractivity contribution in [2.24, 2.45) is 7.05 Å². The van der Waals surface area contributed by atoms with Crippen LogP contribution < -0.4 is 10.4 Å². The molecule has 2 fully saturated rings. The van der Waals surface area contributed by atoms with Crippen molar-refractivity contribution in [3.05, 3.63) is 69.1 Å². The summed E-state index contributed by atoms with van der Waals surface area (Å²) in [4.78, 5) is 12.4. The van der Waals surface area contributed by atoms with Gasteiger partial charge in [-0.3, -0.25) is 0 Å². The minimum atomic E-state index is -0.247. The highest BCUT2D eigenvalue weighted by atomic mass is 16.5. The standard InChI is InChI=1S/C22H24N4O2/c1-14-6-11-21(18(12-14)16-9-10-16)28-13-19-17(15-7-8-15)4-3-5-20(19)26-22(27)25(2)23-24-26/h3-6,11-12,15-16H,7-10,13H2,1-2H3. The van der Waals surface area contributed by atoms with Crippen LogP contribution in [0.3, 0.4) is 0 Å². The van der Waals surface area contributed by atoms with Gasteiger partial charge in [-0.2, -0.15) is 9.36 Å². The molecular weight excluding hydrogens is 352 g/mol. The van der Waals surface area contributed by atoms with E-state index in [1.54, 1.807) is 7.05 Å². The van der Waals surface area contributed by atoms with Crippen LogP contribution in [0.4, 0.5) is 0 Å². The van der Waals surface area contributed by atoms with Crippen LogP contribution >= 0.6 is 0 Å². The zero-order chi connectivity index (χ0) is 19.3. The number of hydrogen-bond acceptors (Lipinski definition) is 4. The molecule has 2 aliphatic carbocycles. The van der Waals surface area contributed by atoms with E-state index in [1.807, 2.05) is 12.1 Å². The lowest BCUT2D eigenvalue weighted by Crippen LogP contribution is -2.23. The Labute approximate surface area is 163 Å². The van der Waals surface area contributed by atoms with Gasteiger partial charge in [0.15, 0.2) is 0 Å². The molecule has 144 valence electrons. The molecule has 0 aliphatic heterocycles. The Morgan fingerprint density at radius 2 is 1.79 bits per heavy atom. The molecule has 0 radical (unpaired) electrons. The topological polar surface area (TPSA) is 61.9 Å². The first-order valence-electron chi connectivity index (χ1n) is 9.96. The Hall–Kier alpha value is -2.89. The minimum absolute atomic E-state index is 0.247. The quantitative estimate of drug-likeness (QED) is 0.659. The molecule has 28 heavy (non-hydrogen) atoms. The van der Waals surface area contributed by atoms with Crippen molar-refractivity contribution in [2.45, 2.75) is 51.0 Å². The summed E-state index contributed by atoms with van der Waals surface area (Å²) in [5, 5.41) is 7.92. The van der Waals surface area contributed by atoms with E-state index in [0.717, 1.165) is 17.0 Å². The van der Waals surface area contributed by atoms with E-state index >= 15 is 0 Å². The smallest absolute Gasteiger partial charge is 0.368 e. The molecule has 6 nitrogen and oxygen atoms in total. The molecule has 6 heteroatoms. The number of hydrogen-bond donors (Lipinski definition) is 0. The van der Waals surface area contributed by atoms with Gasteiger partial charge in [0.05, 0.1) is 5.69 Å². The van der Waals surface area contributed by atoms with Crippen molar-refractivity contribution < 1.29 is 4.74 Å². The molecule has 2 aromatic carbocycles. The lowest BCUT2D eigenvalue weighted by atomic mass is 10.0. The van der Waals surface area contributed by atoms with Gasteiger partial charge in [0.2, 0.25) is 0 Å². The van der Waals surface area contributed by atoms with Crippen LogP contribution in [0.1, 0.15) is 59.8 Å². The number of aryl methyl sites for hydroxylation is 2. The molecule has 2 saturated carbocycles. The summed E-state index contributed by atoms with van der Waals surface area (Å²) in [7, 11) is 1.61.